The molecular weight excluding hydrogens is 690 g/mol. The number of carboxylic acids is 1. The molecule has 0 spiro atoms. The number of amides is 3. The molecule has 1 aliphatic heterocycles. The second-order valence-corrected chi connectivity index (χ2v) is 16.0. The first kappa shape index (κ1) is 49.7. The first-order valence-corrected chi connectivity index (χ1v) is 21.7. The van der Waals surface area contributed by atoms with Gasteiger partial charge in [0.05, 0.1) is 13.0 Å². The molecule has 1 saturated heterocycles. The fourth-order valence-electron chi connectivity index (χ4n) is 7.22. The van der Waals surface area contributed by atoms with E-state index in [0.29, 0.717) is 19.4 Å². The number of hydrogen-bond donors (Lipinski definition) is 6. The van der Waals surface area contributed by atoms with Gasteiger partial charge in [-0.3, -0.25) is 19.2 Å². The molecule has 0 radical (unpaired) electrons. The molecule has 0 unspecified atom stereocenters. The van der Waals surface area contributed by atoms with Crippen molar-refractivity contribution in [1.82, 2.24) is 15.5 Å². The van der Waals surface area contributed by atoms with Crippen LogP contribution in [0.4, 0.5) is 0 Å². The van der Waals surface area contributed by atoms with Gasteiger partial charge in [-0.25, -0.2) is 0 Å². The number of carbonyl (C=O) groups excluding carboxylic acids is 3. The Labute approximate surface area is 326 Å². The largest absolute Gasteiger partial charge is 0.481 e. The number of unbranched alkanes of at least 4 members (excludes halogenated alkanes) is 19. The van der Waals surface area contributed by atoms with Crippen LogP contribution >= 0.6 is 0 Å². The molecule has 1 fully saturated rings. The minimum absolute atomic E-state index is 0.0200. The summed E-state index contributed by atoms with van der Waals surface area (Å²) >= 11 is 0. The van der Waals surface area contributed by atoms with Crippen LogP contribution in [0.15, 0.2) is 0 Å². The van der Waals surface area contributed by atoms with Crippen molar-refractivity contribution in [3.63, 3.8) is 0 Å². The zero-order chi connectivity index (χ0) is 40.1. The van der Waals surface area contributed by atoms with Gasteiger partial charge in [-0.15, -0.1) is 0 Å². The normalized spacial score (nSPS) is 20.5. The Morgan fingerprint density at radius 1 is 0.667 bits per heavy atom. The van der Waals surface area contributed by atoms with Crippen molar-refractivity contribution in [2.24, 2.45) is 5.92 Å². The van der Waals surface area contributed by atoms with Gasteiger partial charge in [0.1, 0.15) is 30.4 Å². The molecule has 0 bridgehead atoms. The lowest BCUT2D eigenvalue weighted by molar-refractivity contribution is -0.231. The highest BCUT2D eigenvalue weighted by molar-refractivity contribution is 5.89. The molecular formula is C42H79N3O9. The van der Waals surface area contributed by atoms with E-state index in [9.17, 15) is 34.5 Å². The molecule has 316 valence electrons. The van der Waals surface area contributed by atoms with E-state index in [1.165, 1.54) is 83.5 Å². The number of nitrogens with one attached hydrogen (secondary N) is 2. The number of carbonyl (C=O) groups is 4. The molecule has 1 rings (SSSR count). The summed E-state index contributed by atoms with van der Waals surface area (Å²) in [5.41, 5.74) is 0. The third-order valence-corrected chi connectivity index (χ3v) is 10.5. The van der Waals surface area contributed by atoms with E-state index in [4.69, 9.17) is 9.84 Å². The van der Waals surface area contributed by atoms with E-state index in [-0.39, 0.29) is 37.5 Å². The van der Waals surface area contributed by atoms with Crippen LogP contribution in [0.2, 0.25) is 0 Å². The highest BCUT2D eigenvalue weighted by atomic mass is 16.5. The molecule has 1 aliphatic rings. The lowest BCUT2D eigenvalue weighted by atomic mass is 9.94. The quantitative estimate of drug-likeness (QED) is 0.0393. The molecule has 12 nitrogen and oxygen atoms in total. The molecule has 0 aromatic carbocycles. The molecule has 6 atom stereocenters. The van der Waals surface area contributed by atoms with Crippen LogP contribution in [0, 0.1) is 5.92 Å². The molecule has 1 heterocycles. The molecule has 0 saturated carbocycles. The van der Waals surface area contributed by atoms with Gasteiger partial charge in [0.25, 0.3) is 0 Å². The SMILES string of the molecule is CCCCCCCCCCCCCC(=O)N(CCCCCCCCCCCC)[C@@H]1O[C@H](CO)[C@@H](O)[C@H](O)[C@H]1NC(=O)[C@H](CC(C)C)NC(=O)CCC(=O)O. The summed E-state index contributed by atoms with van der Waals surface area (Å²) in [4.78, 5) is 52.9. The average molecular weight is 770 g/mol. The van der Waals surface area contributed by atoms with Gasteiger partial charge < -0.3 is 40.7 Å². The van der Waals surface area contributed by atoms with Gasteiger partial charge >= 0.3 is 5.97 Å². The number of nitrogens with zero attached hydrogens (tertiary/aromatic N) is 1. The minimum Gasteiger partial charge on any atom is -0.481 e. The zero-order valence-corrected chi connectivity index (χ0v) is 34.4. The summed E-state index contributed by atoms with van der Waals surface area (Å²) < 4.78 is 6.15. The maximum absolute atomic E-state index is 14.0. The highest BCUT2D eigenvalue weighted by Gasteiger charge is 2.48. The second kappa shape index (κ2) is 30.9. The van der Waals surface area contributed by atoms with Crippen LogP contribution in [-0.4, -0.2) is 98.8 Å². The van der Waals surface area contributed by atoms with Crippen LogP contribution in [-0.2, 0) is 23.9 Å². The predicted molar refractivity (Wildman–Crippen MR) is 213 cm³/mol. The van der Waals surface area contributed by atoms with E-state index in [2.05, 4.69) is 24.5 Å². The van der Waals surface area contributed by atoms with Crippen molar-refractivity contribution >= 4 is 23.7 Å². The van der Waals surface area contributed by atoms with Crippen molar-refractivity contribution in [1.29, 1.82) is 0 Å². The molecule has 0 aliphatic carbocycles. The van der Waals surface area contributed by atoms with Gasteiger partial charge in [-0.2, -0.15) is 0 Å². The number of hydrogen-bond acceptors (Lipinski definition) is 8. The van der Waals surface area contributed by atoms with Crippen molar-refractivity contribution in [3.05, 3.63) is 0 Å². The third-order valence-electron chi connectivity index (χ3n) is 10.5. The van der Waals surface area contributed by atoms with Crippen LogP contribution in [0.1, 0.15) is 188 Å². The Morgan fingerprint density at radius 3 is 1.61 bits per heavy atom. The fraction of sp³-hybridized carbons (Fsp3) is 0.905. The Hall–Kier alpha value is -2.28. The van der Waals surface area contributed by atoms with E-state index in [0.717, 1.165) is 38.5 Å². The summed E-state index contributed by atoms with van der Waals surface area (Å²) in [5, 5.41) is 46.7. The van der Waals surface area contributed by atoms with Crippen molar-refractivity contribution in [2.45, 2.75) is 225 Å². The first-order valence-electron chi connectivity index (χ1n) is 21.7. The summed E-state index contributed by atoms with van der Waals surface area (Å²) in [6.45, 7) is 7.92. The van der Waals surface area contributed by atoms with Gasteiger partial charge in [0.2, 0.25) is 17.7 Å². The third kappa shape index (κ3) is 21.7. The van der Waals surface area contributed by atoms with Gasteiger partial charge in [-0.1, -0.05) is 150 Å². The van der Waals surface area contributed by atoms with Gasteiger partial charge in [0, 0.05) is 19.4 Å². The monoisotopic (exact) mass is 770 g/mol. The van der Waals surface area contributed by atoms with E-state index in [1.807, 2.05) is 13.8 Å². The number of aliphatic carboxylic acids is 1. The fourth-order valence-corrected chi connectivity index (χ4v) is 7.22. The first-order chi connectivity index (χ1) is 26.0. The predicted octanol–water partition coefficient (Wildman–Crippen LogP) is 6.76. The topological polar surface area (TPSA) is 186 Å². The summed E-state index contributed by atoms with van der Waals surface area (Å²) in [5.74, 6) is -2.56. The maximum Gasteiger partial charge on any atom is 0.303 e. The zero-order valence-electron chi connectivity index (χ0n) is 34.4. The van der Waals surface area contributed by atoms with Crippen molar-refractivity contribution < 1.29 is 44.3 Å². The standard InChI is InChI=1S/C42H79N3O9/c1-5-7-9-11-13-15-17-18-20-22-24-26-36(48)45(29-25-23-21-19-16-14-12-10-8-6-2)42-38(40(52)39(51)34(31-46)54-42)44-41(53)33(30-32(3)4)43-35(47)27-28-37(49)50/h32-34,38-40,42,46,51-52H,5-31H2,1-4H3,(H,43,47)(H,44,53)(H,49,50)/t33-,34+,38+,39+,40+,42+/m0/s1. The highest BCUT2D eigenvalue weighted by Crippen LogP contribution is 2.26. The van der Waals surface area contributed by atoms with E-state index in [1.54, 1.807) is 4.90 Å². The second-order valence-electron chi connectivity index (χ2n) is 16.0. The summed E-state index contributed by atoms with van der Waals surface area (Å²) in [7, 11) is 0. The average Bonchev–Trinajstić information content (AvgIpc) is 3.13. The maximum atomic E-state index is 14.0. The van der Waals surface area contributed by atoms with Crippen LogP contribution in [0.5, 0.6) is 0 Å². The lowest BCUT2D eigenvalue weighted by Crippen LogP contribution is -2.70. The number of aliphatic hydroxyl groups excluding tert-OH is 3. The van der Waals surface area contributed by atoms with Crippen molar-refractivity contribution in [2.75, 3.05) is 13.2 Å². The Morgan fingerprint density at radius 2 is 1.15 bits per heavy atom. The van der Waals surface area contributed by atoms with Crippen LogP contribution in [0.25, 0.3) is 0 Å². The van der Waals surface area contributed by atoms with Gasteiger partial charge in [0.15, 0.2) is 6.23 Å². The Balaban J connectivity index is 3.06. The van der Waals surface area contributed by atoms with Crippen molar-refractivity contribution in [3.8, 4) is 0 Å². The van der Waals surface area contributed by atoms with Gasteiger partial charge in [-0.05, 0) is 25.2 Å². The number of aliphatic hydroxyl groups is 3. The Bertz CT molecular complexity index is 1010. The minimum atomic E-state index is -1.57. The molecule has 54 heavy (non-hydrogen) atoms. The number of ether oxygens (including phenoxy) is 1. The van der Waals surface area contributed by atoms with E-state index < -0.39 is 61.0 Å². The summed E-state index contributed by atoms with van der Waals surface area (Å²) in [6.07, 6.45) is 18.2. The molecule has 3 amide bonds. The van der Waals surface area contributed by atoms with Crippen LogP contribution < -0.4 is 10.6 Å². The summed E-state index contributed by atoms with van der Waals surface area (Å²) in [6, 6.07) is -2.29. The number of carboxylic acid groups (broad SMARTS) is 1. The Kier molecular flexibility index (Phi) is 28.4. The number of rotatable bonds is 33. The molecule has 0 aromatic heterocycles. The molecule has 12 heteroatoms. The lowest BCUT2D eigenvalue weighted by Gasteiger charge is -2.47. The van der Waals surface area contributed by atoms with E-state index >= 15 is 0 Å². The van der Waals surface area contributed by atoms with Crippen LogP contribution in [0.3, 0.4) is 0 Å². The smallest absolute Gasteiger partial charge is 0.303 e. The molecule has 0 aromatic rings. The molecule has 6 N–H and O–H groups in total.